The highest BCUT2D eigenvalue weighted by Gasteiger charge is 2.16. The van der Waals surface area contributed by atoms with E-state index in [2.05, 4.69) is 15.6 Å². The predicted octanol–water partition coefficient (Wildman–Crippen LogP) is 0.353. The minimum atomic E-state index is -0.250. The summed E-state index contributed by atoms with van der Waals surface area (Å²) in [5.74, 6) is 2.15. The summed E-state index contributed by atoms with van der Waals surface area (Å²) in [5, 5.41) is 2.78. The lowest BCUT2D eigenvalue weighted by molar-refractivity contribution is 0.106. The van der Waals surface area contributed by atoms with E-state index in [0.717, 1.165) is 17.9 Å². The van der Waals surface area contributed by atoms with Crippen LogP contribution in [0, 0.1) is 0 Å². The van der Waals surface area contributed by atoms with Crippen LogP contribution in [-0.4, -0.2) is 30.7 Å². The molecular formula is C6H12N2O2S. The third-order valence-electron chi connectivity index (χ3n) is 1.46. The SMILES string of the molecule is CONC(=O)NC1CCSC1. The Morgan fingerprint density at radius 1 is 1.73 bits per heavy atom. The average Bonchev–Trinajstić information content (AvgIpc) is 2.40. The van der Waals surface area contributed by atoms with E-state index in [9.17, 15) is 4.79 Å². The molecule has 1 rings (SSSR count). The van der Waals surface area contributed by atoms with Crippen molar-refractivity contribution in [2.75, 3.05) is 18.6 Å². The van der Waals surface area contributed by atoms with Gasteiger partial charge >= 0.3 is 6.03 Å². The van der Waals surface area contributed by atoms with Crippen LogP contribution in [-0.2, 0) is 4.84 Å². The van der Waals surface area contributed by atoms with E-state index in [4.69, 9.17) is 0 Å². The molecule has 0 aliphatic carbocycles. The molecule has 1 aliphatic rings. The third kappa shape index (κ3) is 2.98. The monoisotopic (exact) mass is 176 g/mol. The Hall–Kier alpha value is -0.420. The van der Waals surface area contributed by atoms with Crippen molar-refractivity contribution in [2.24, 2.45) is 0 Å². The lowest BCUT2D eigenvalue weighted by atomic mass is 10.3. The first-order valence-corrected chi connectivity index (χ1v) is 4.65. The minimum Gasteiger partial charge on any atom is -0.333 e. The zero-order valence-corrected chi connectivity index (χ0v) is 7.24. The summed E-state index contributed by atoms with van der Waals surface area (Å²) >= 11 is 1.86. The molecule has 0 aromatic carbocycles. The molecule has 4 nitrogen and oxygen atoms in total. The van der Waals surface area contributed by atoms with Gasteiger partial charge in [-0.2, -0.15) is 11.8 Å². The number of nitrogens with one attached hydrogen (secondary N) is 2. The normalized spacial score (nSPS) is 23.2. The third-order valence-corrected chi connectivity index (χ3v) is 2.62. The summed E-state index contributed by atoms with van der Waals surface area (Å²) < 4.78 is 0. The largest absolute Gasteiger partial charge is 0.338 e. The molecule has 0 radical (unpaired) electrons. The molecule has 11 heavy (non-hydrogen) atoms. The fraction of sp³-hybridized carbons (Fsp3) is 0.833. The van der Waals surface area contributed by atoms with Gasteiger partial charge in [0.1, 0.15) is 0 Å². The van der Waals surface area contributed by atoms with Gasteiger partial charge in [0, 0.05) is 11.8 Å². The topological polar surface area (TPSA) is 50.4 Å². The van der Waals surface area contributed by atoms with E-state index in [1.165, 1.54) is 7.11 Å². The predicted molar refractivity (Wildman–Crippen MR) is 44.4 cm³/mol. The van der Waals surface area contributed by atoms with Gasteiger partial charge in [0.2, 0.25) is 0 Å². The second-order valence-corrected chi connectivity index (χ2v) is 3.49. The van der Waals surface area contributed by atoms with Gasteiger partial charge in [0.15, 0.2) is 0 Å². The maximum absolute atomic E-state index is 10.8. The van der Waals surface area contributed by atoms with E-state index in [1.807, 2.05) is 11.8 Å². The van der Waals surface area contributed by atoms with E-state index in [0.29, 0.717) is 6.04 Å². The number of amides is 2. The summed E-state index contributed by atoms with van der Waals surface area (Å²) in [6.07, 6.45) is 1.06. The van der Waals surface area contributed by atoms with Crippen molar-refractivity contribution in [2.45, 2.75) is 12.5 Å². The Kier molecular flexibility index (Phi) is 3.51. The molecule has 2 N–H and O–H groups in total. The minimum absolute atomic E-state index is 0.250. The highest BCUT2D eigenvalue weighted by Crippen LogP contribution is 2.16. The van der Waals surface area contributed by atoms with Crippen molar-refractivity contribution in [3.8, 4) is 0 Å². The van der Waals surface area contributed by atoms with Gasteiger partial charge in [-0.25, -0.2) is 10.3 Å². The van der Waals surface area contributed by atoms with Gasteiger partial charge in [-0.3, -0.25) is 4.84 Å². The molecule has 0 saturated carbocycles. The van der Waals surface area contributed by atoms with Crippen LogP contribution in [0.3, 0.4) is 0 Å². The Balaban J connectivity index is 2.13. The first-order chi connectivity index (χ1) is 5.33. The lowest BCUT2D eigenvalue weighted by Crippen LogP contribution is -2.41. The highest BCUT2D eigenvalue weighted by atomic mass is 32.2. The highest BCUT2D eigenvalue weighted by molar-refractivity contribution is 7.99. The van der Waals surface area contributed by atoms with Crippen LogP contribution in [0.4, 0.5) is 4.79 Å². The zero-order valence-electron chi connectivity index (χ0n) is 6.42. The number of carbonyl (C=O) groups excluding carboxylic acids is 1. The molecule has 1 heterocycles. The van der Waals surface area contributed by atoms with Gasteiger partial charge in [0.05, 0.1) is 7.11 Å². The Morgan fingerprint density at radius 3 is 3.09 bits per heavy atom. The van der Waals surface area contributed by atoms with Crippen LogP contribution in [0.15, 0.2) is 0 Å². The molecule has 0 aromatic rings. The molecular weight excluding hydrogens is 164 g/mol. The number of hydrogen-bond donors (Lipinski definition) is 2. The van der Waals surface area contributed by atoms with E-state index in [-0.39, 0.29) is 6.03 Å². The van der Waals surface area contributed by atoms with Crippen molar-refractivity contribution >= 4 is 17.8 Å². The van der Waals surface area contributed by atoms with Gasteiger partial charge in [-0.15, -0.1) is 0 Å². The van der Waals surface area contributed by atoms with Gasteiger partial charge in [-0.1, -0.05) is 0 Å². The van der Waals surface area contributed by atoms with Crippen molar-refractivity contribution in [3.05, 3.63) is 0 Å². The van der Waals surface area contributed by atoms with Crippen LogP contribution in [0.2, 0.25) is 0 Å². The molecule has 2 amide bonds. The van der Waals surface area contributed by atoms with Crippen LogP contribution in [0.5, 0.6) is 0 Å². The average molecular weight is 176 g/mol. The summed E-state index contributed by atoms with van der Waals surface area (Å²) in [5.41, 5.74) is 2.21. The summed E-state index contributed by atoms with van der Waals surface area (Å²) in [6.45, 7) is 0. The molecule has 1 atom stereocenters. The van der Waals surface area contributed by atoms with Crippen LogP contribution < -0.4 is 10.8 Å². The van der Waals surface area contributed by atoms with Gasteiger partial charge < -0.3 is 5.32 Å². The van der Waals surface area contributed by atoms with Gasteiger partial charge in [0.25, 0.3) is 0 Å². The lowest BCUT2D eigenvalue weighted by Gasteiger charge is -2.10. The van der Waals surface area contributed by atoms with Crippen molar-refractivity contribution in [1.29, 1.82) is 0 Å². The number of rotatable bonds is 2. The summed E-state index contributed by atoms with van der Waals surface area (Å²) in [7, 11) is 1.42. The van der Waals surface area contributed by atoms with Crippen LogP contribution >= 0.6 is 11.8 Å². The molecule has 0 bridgehead atoms. The summed E-state index contributed by atoms with van der Waals surface area (Å²) in [4.78, 5) is 15.3. The molecule has 1 unspecified atom stereocenters. The van der Waals surface area contributed by atoms with Gasteiger partial charge in [-0.05, 0) is 12.2 Å². The molecule has 0 aromatic heterocycles. The maximum atomic E-state index is 10.8. The Bertz CT molecular complexity index is 137. The molecule has 64 valence electrons. The Morgan fingerprint density at radius 2 is 2.55 bits per heavy atom. The fourth-order valence-electron chi connectivity index (χ4n) is 0.956. The van der Waals surface area contributed by atoms with Crippen molar-refractivity contribution < 1.29 is 9.63 Å². The van der Waals surface area contributed by atoms with E-state index < -0.39 is 0 Å². The number of hydrogen-bond acceptors (Lipinski definition) is 3. The molecule has 0 spiro atoms. The standard InChI is InChI=1S/C6H12N2O2S/c1-10-8-6(9)7-5-2-3-11-4-5/h5H,2-4H2,1H3,(H2,7,8,9). The van der Waals surface area contributed by atoms with E-state index in [1.54, 1.807) is 0 Å². The number of urea groups is 1. The first-order valence-electron chi connectivity index (χ1n) is 3.50. The number of carbonyl (C=O) groups is 1. The molecule has 5 heteroatoms. The summed E-state index contributed by atoms with van der Waals surface area (Å²) in [6, 6.07) is 0.0650. The number of hydroxylamine groups is 1. The fourth-order valence-corrected chi connectivity index (χ4v) is 2.11. The van der Waals surface area contributed by atoms with Crippen LogP contribution in [0.25, 0.3) is 0 Å². The number of thioether (sulfide) groups is 1. The first kappa shape index (κ1) is 8.67. The van der Waals surface area contributed by atoms with Crippen molar-refractivity contribution in [1.82, 2.24) is 10.8 Å². The second kappa shape index (κ2) is 4.46. The maximum Gasteiger partial charge on any atom is 0.338 e. The van der Waals surface area contributed by atoms with E-state index >= 15 is 0 Å². The zero-order chi connectivity index (χ0) is 8.10. The molecule has 1 fully saturated rings. The van der Waals surface area contributed by atoms with Crippen LogP contribution in [0.1, 0.15) is 6.42 Å². The smallest absolute Gasteiger partial charge is 0.333 e. The Labute approximate surface area is 70.0 Å². The quantitative estimate of drug-likeness (QED) is 0.597. The van der Waals surface area contributed by atoms with Crippen molar-refractivity contribution in [3.63, 3.8) is 0 Å². The second-order valence-electron chi connectivity index (χ2n) is 2.34. The molecule has 1 aliphatic heterocycles. The molecule has 1 saturated heterocycles.